The molecule has 160 valence electrons. The summed E-state index contributed by atoms with van der Waals surface area (Å²) in [5.74, 6) is 0.460. The van der Waals surface area contributed by atoms with E-state index in [2.05, 4.69) is 5.32 Å². The topological polar surface area (TPSA) is 58.6 Å². The van der Waals surface area contributed by atoms with E-state index in [1.165, 1.54) is 0 Å². The summed E-state index contributed by atoms with van der Waals surface area (Å²) in [6.07, 6.45) is 0.148. The summed E-state index contributed by atoms with van der Waals surface area (Å²) in [7, 11) is 0. The van der Waals surface area contributed by atoms with Gasteiger partial charge in [0.1, 0.15) is 12.0 Å². The monoisotopic (exact) mass is 454 g/mol. The lowest BCUT2D eigenvalue weighted by atomic mass is 10.1. The molecule has 2 atom stereocenters. The van der Waals surface area contributed by atoms with E-state index in [0.717, 1.165) is 16.3 Å². The van der Waals surface area contributed by atoms with Crippen molar-refractivity contribution in [2.45, 2.75) is 24.8 Å². The fourth-order valence-electron chi connectivity index (χ4n) is 3.76. The minimum Gasteiger partial charge on any atom is -0.447 e. The van der Waals surface area contributed by atoms with Crippen molar-refractivity contribution < 1.29 is 14.3 Å². The first kappa shape index (κ1) is 21.5. The number of hydrogen-bond acceptors (Lipinski definition) is 4. The molecule has 4 rings (SSSR count). The number of halogens is 1. The maximum absolute atomic E-state index is 12.6. The van der Waals surface area contributed by atoms with Crippen LogP contribution in [0, 0.1) is 0 Å². The number of fused-ring (bicyclic) bond motifs is 1. The Kier molecular flexibility index (Phi) is 6.68. The van der Waals surface area contributed by atoms with Crippen LogP contribution >= 0.6 is 23.4 Å². The number of carbonyl (C=O) groups is 2. The Bertz CT molecular complexity index is 1080. The molecule has 5 nitrogen and oxygen atoms in total. The number of rotatable bonds is 6. The van der Waals surface area contributed by atoms with Crippen LogP contribution in [-0.4, -0.2) is 35.3 Å². The Morgan fingerprint density at radius 2 is 1.90 bits per heavy atom. The summed E-state index contributed by atoms with van der Waals surface area (Å²) in [5.41, 5.74) is 1.71. The Balaban J connectivity index is 1.44. The first-order valence-electron chi connectivity index (χ1n) is 10.2. The van der Waals surface area contributed by atoms with Gasteiger partial charge in [-0.3, -0.25) is 10.1 Å². The van der Waals surface area contributed by atoms with Gasteiger partial charge < -0.3 is 9.64 Å². The molecule has 1 aliphatic heterocycles. The number of hydrogen-bond donors (Lipinski definition) is 1. The number of benzene rings is 3. The second-order valence-electron chi connectivity index (χ2n) is 7.33. The third-order valence-corrected chi connectivity index (χ3v) is 6.84. The van der Waals surface area contributed by atoms with Crippen molar-refractivity contribution in [2.75, 3.05) is 17.7 Å². The third kappa shape index (κ3) is 4.81. The molecule has 1 aliphatic rings. The molecule has 1 fully saturated rings. The standard InChI is InChI=1S/C24H23ClN2O3S/c1-2-19(27-22(28)15-31-23(27)17-10-12-18(25)13-11-17)14-30-24(29)26-21-9-5-7-16-6-3-4-8-20(16)21/h3-13,19,23H,2,14-15H2,1H3,(H,26,29)/t19-,23+/m0/s1. The first-order valence-corrected chi connectivity index (χ1v) is 11.6. The molecule has 1 saturated heterocycles. The molecule has 0 aromatic heterocycles. The van der Waals surface area contributed by atoms with Gasteiger partial charge in [0.05, 0.1) is 17.5 Å². The normalized spacial score (nSPS) is 17.0. The van der Waals surface area contributed by atoms with Crippen LogP contribution in [0.3, 0.4) is 0 Å². The van der Waals surface area contributed by atoms with Gasteiger partial charge in [-0.15, -0.1) is 11.8 Å². The maximum Gasteiger partial charge on any atom is 0.411 e. The van der Waals surface area contributed by atoms with Crippen LogP contribution in [0.25, 0.3) is 10.8 Å². The summed E-state index contributed by atoms with van der Waals surface area (Å²) in [6, 6.07) is 20.9. The molecular formula is C24H23ClN2O3S. The van der Waals surface area contributed by atoms with Gasteiger partial charge in [0.15, 0.2) is 0 Å². The average molecular weight is 455 g/mol. The molecule has 0 aliphatic carbocycles. The summed E-state index contributed by atoms with van der Waals surface area (Å²) in [5, 5.41) is 5.36. The quantitative estimate of drug-likeness (QED) is 0.489. The molecular weight excluding hydrogens is 432 g/mol. The average Bonchev–Trinajstić information content (AvgIpc) is 3.16. The van der Waals surface area contributed by atoms with Crippen molar-refractivity contribution in [3.63, 3.8) is 0 Å². The third-order valence-electron chi connectivity index (χ3n) is 5.36. The minimum atomic E-state index is -0.530. The van der Waals surface area contributed by atoms with E-state index in [0.29, 0.717) is 22.9 Å². The SMILES string of the molecule is CC[C@@H](COC(=O)Nc1cccc2ccccc12)N1C(=O)CS[C@@H]1c1ccc(Cl)cc1. The summed E-state index contributed by atoms with van der Waals surface area (Å²) >= 11 is 7.59. The summed E-state index contributed by atoms with van der Waals surface area (Å²) in [6.45, 7) is 2.12. The lowest BCUT2D eigenvalue weighted by molar-refractivity contribution is -0.131. The van der Waals surface area contributed by atoms with Crippen molar-refractivity contribution in [3.05, 3.63) is 77.3 Å². The Labute approximate surface area is 190 Å². The van der Waals surface area contributed by atoms with Gasteiger partial charge in [0, 0.05) is 10.4 Å². The zero-order valence-corrected chi connectivity index (χ0v) is 18.7. The molecule has 31 heavy (non-hydrogen) atoms. The van der Waals surface area contributed by atoms with E-state index >= 15 is 0 Å². The summed E-state index contributed by atoms with van der Waals surface area (Å²) in [4.78, 5) is 27.0. The van der Waals surface area contributed by atoms with E-state index in [1.807, 2.05) is 78.6 Å². The highest BCUT2D eigenvalue weighted by Crippen LogP contribution is 2.40. The number of anilines is 1. The van der Waals surface area contributed by atoms with Gasteiger partial charge >= 0.3 is 6.09 Å². The van der Waals surface area contributed by atoms with Crippen molar-refractivity contribution in [1.82, 2.24) is 4.90 Å². The van der Waals surface area contributed by atoms with Gasteiger partial charge in [-0.2, -0.15) is 0 Å². The Morgan fingerprint density at radius 3 is 2.68 bits per heavy atom. The van der Waals surface area contributed by atoms with Gasteiger partial charge in [-0.05, 0) is 35.6 Å². The molecule has 1 N–H and O–H groups in total. The number of carbonyl (C=O) groups excluding carboxylic acids is 2. The predicted octanol–water partition coefficient (Wildman–Crippen LogP) is 6.09. The minimum absolute atomic E-state index is 0.0508. The largest absolute Gasteiger partial charge is 0.447 e. The number of nitrogens with zero attached hydrogens (tertiary/aromatic N) is 1. The smallest absolute Gasteiger partial charge is 0.411 e. The Morgan fingerprint density at radius 1 is 1.16 bits per heavy atom. The number of amides is 2. The second-order valence-corrected chi connectivity index (χ2v) is 8.83. The lowest BCUT2D eigenvalue weighted by Crippen LogP contribution is -2.41. The molecule has 3 aromatic rings. The van der Waals surface area contributed by atoms with Crippen molar-refractivity contribution >= 4 is 51.8 Å². The van der Waals surface area contributed by atoms with Crippen LogP contribution in [0.1, 0.15) is 24.3 Å². The van der Waals surface area contributed by atoms with Crippen LogP contribution < -0.4 is 5.32 Å². The van der Waals surface area contributed by atoms with Gasteiger partial charge in [0.2, 0.25) is 5.91 Å². The number of ether oxygens (including phenoxy) is 1. The number of thioether (sulfide) groups is 1. The Hall–Kier alpha value is -2.70. The number of nitrogens with one attached hydrogen (secondary N) is 1. The summed E-state index contributed by atoms with van der Waals surface area (Å²) < 4.78 is 5.54. The molecule has 3 aromatic carbocycles. The van der Waals surface area contributed by atoms with E-state index in [-0.39, 0.29) is 23.9 Å². The molecule has 0 spiro atoms. The van der Waals surface area contributed by atoms with Crippen molar-refractivity contribution in [2.24, 2.45) is 0 Å². The van der Waals surface area contributed by atoms with Crippen molar-refractivity contribution in [3.8, 4) is 0 Å². The zero-order valence-electron chi connectivity index (χ0n) is 17.1. The van der Waals surface area contributed by atoms with E-state index in [4.69, 9.17) is 16.3 Å². The molecule has 2 amide bonds. The highest BCUT2D eigenvalue weighted by molar-refractivity contribution is 8.00. The van der Waals surface area contributed by atoms with Crippen LogP contribution in [0.15, 0.2) is 66.7 Å². The van der Waals surface area contributed by atoms with Crippen LogP contribution in [0.5, 0.6) is 0 Å². The van der Waals surface area contributed by atoms with Gasteiger partial charge in [-0.25, -0.2) is 4.79 Å². The molecule has 7 heteroatoms. The van der Waals surface area contributed by atoms with E-state index in [1.54, 1.807) is 11.8 Å². The molecule has 1 heterocycles. The van der Waals surface area contributed by atoms with Crippen LogP contribution in [-0.2, 0) is 9.53 Å². The highest BCUT2D eigenvalue weighted by atomic mass is 35.5. The fraction of sp³-hybridized carbons (Fsp3) is 0.250. The van der Waals surface area contributed by atoms with Crippen LogP contribution in [0.2, 0.25) is 5.02 Å². The van der Waals surface area contributed by atoms with Gasteiger partial charge in [-0.1, -0.05) is 67.1 Å². The fourth-order valence-corrected chi connectivity index (χ4v) is 5.14. The van der Waals surface area contributed by atoms with Crippen LogP contribution in [0.4, 0.5) is 10.5 Å². The lowest BCUT2D eigenvalue weighted by Gasteiger charge is -2.32. The van der Waals surface area contributed by atoms with E-state index in [9.17, 15) is 9.59 Å². The first-order chi connectivity index (χ1) is 15.1. The molecule has 0 saturated carbocycles. The molecule has 0 unspecified atom stereocenters. The maximum atomic E-state index is 12.6. The highest BCUT2D eigenvalue weighted by Gasteiger charge is 2.37. The molecule has 0 radical (unpaired) electrons. The van der Waals surface area contributed by atoms with E-state index < -0.39 is 6.09 Å². The van der Waals surface area contributed by atoms with Crippen molar-refractivity contribution in [1.29, 1.82) is 0 Å². The molecule has 0 bridgehead atoms. The predicted molar refractivity (Wildman–Crippen MR) is 126 cm³/mol. The van der Waals surface area contributed by atoms with Gasteiger partial charge in [0.25, 0.3) is 0 Å². The zero-order chi connectivity index (χ0) is 21.8. The second kappa shape index (κ2) is 9.62.